The Morgan fingerprint density at radius 3 is 1.23 bits per heavy atom. The number of hydrogen-bond donors (Lipinski definition) is 8. The molecule has 1 aliphatic heterocycles. The van der Waals surface area contributed by atoms with Crippen molar-refractivity contribution in [3.8, 4) is 0 Å². The van der Waals surface area contributed by atoms with E-state index in [-0.39, 0.29) is 12.8 Å². The van der Waals surface area contributed by atoms with Crippen molar-refractivity contribution in [3.05, 3.63) is 24.3 Å². The van der Waals surface area contributed by atoms with Crippen LogP contribution in [0.3, 0.4) is 0 Å². The molecule has 0 aromatic heterocycles. The molecule has 1 saturated heterocycles. The fourth-order valence-electron chi connectivity index (χ4n) is 9.79. The fraction of sp³-hybridized carbons (Fsp3) is 0.917. The van der Waals surface area contributed by atoms with Crippen LogP contribution in [-0.4, -0.2) is 110 Å². The maximum atomic E-state index is 13.1. The van der Waals surface area contributed by atoms with Crippen molar-refractivity contribution < 1.29 is 50.0 Å². The van der Waals surface area contributed by atoms with E-state index in [0.29, 0.717) is 12.8 Å². The minimum absolute atomic E-state index is 0.248. The van der Waals surface area contributed by atoms with Crippen LogP contribution in [0.15, 0.2) is 24.3 Å². The van der Waals surface area contributed by atoms with Crippen molar-refractivity contribution in [2.45, 2.75) is 339 Å². The van der Waals surface area contributed by atoms with Gasteiger partial charge in [0.05, 0.1) is 25.4 Å². The van der Waals surface area contributed by atoms with Crippen LogP contribution in [0.25, 0.3) is 0 Å². The molecule has 0 radical (unpaired) electrons. The van der Waals surface area contributed by atoms with Crippen LogP contribution in [0, 0.1) is 0 Å². The summed E-state index contributed by atoms with van der Waals surface area (Å²) in [6.45, 7) is 3.44. The molecular formula is C60H115NO10. The molecule has 0 bridgehead atoms. The summed E-state index contributed by atoms with van der Waals surface area (Å²) < 4.78 is 11.1. The van der Waals surface area contributed by atoms with Gasteiger partial charge >= 0.3 is 0 Å². The molecule has 0 aromatic carbocycles. The predicted molar refractivity (Wildman–Crippen MR) is 293 cm³/mol. The first kappa shape index (κ1) is 67.6. The Morgan fingerprint density at radius 1 is 0.479 bits per heavy atom. The molecule has 9 unspecified atom stereocenters. The third-order valence-electron chi connectivity index (χ3n) is 14.7. The van der Waals surface area contributed by atoms with E-state index in [0.717, 1.165) is 57.8 Å². The van der Waals surface area contributed by atoms with Crippen LogP contribution in [-0.2, 0) is 14.3 Å². The van der Waals surface area contributed by atoms with Gasteiger partial charge in [-0.1, -0.05) is 244 Å². The molecule has 1 heterocycles. The Labute approximate surface area is 435 Å². The van der Waals surface area contributed by atoms with Crippen molar-refractivity contribution in [2.24, 2.45) is 0 Å². The first-order valence-electron chi connectivity index (χ1n) is 30.2. The second-order valence-electron chi connectivity index (χ2n) is 21.4. The van der Waals surface area contributed by atoms with Gasteiger partial charge in [0, 0.05) is 0 Å². The van der Waals surface area contributed by atoms with Gasteiger partial charge < -0.3 is 50.5 Å². The highest BCUT2D eigenvalue weighted by Gasteiger charge is 2.44. The molecule has 11 nitrogen and oxygen atoms in total. The van der Waals surface area contributed by atoms with E-state index >= 15 is 0 Å². The Bertz CT molecular complexity index is 1200. The normalized spacial score (nSPS) is 20.3. The zero-order valence-corrected chi connectivity index (χ0v) is 46.0. The molecule has 1 fully saturated rings. The maximum absolute atomic E-state index is 13.1. The fourth-order valence-corrected chi connectivity index (χ4v) is 9.79. The molecule has 71 heavy (non-hydrogen) atoms. The standard InChI is InChI=1S/C60H115NO10/c1-3-5-7-9-11-13-15-17-19-20-21-22-23-24-25-26-27-28-29-30-31-32-33-34-36-37-39-41-43-45-47-52(63)55(65)51(50-70-60-58(68)57(67)56(66)54(49-62)71-60)61-59(69)53(64)48-46-44-42-40-38-35-18-16-14-12-10-8-6-4-2/h14,16,39,41,51-58,60,62-68H,3-13,15,17-38,40,42-50H2,1-2H3,(H,61,69)/b16-14-,41-39+. The summed E-state index contributed by atoms with van der Waals surface area (Å²) in [5, 5.41) is 76.1. The van der Waals surface area contributed by atoms with Crippen molar-refractivity contribution in [2.75, 3.05) is 13.2 Å². The van der Waals surface area contributed by atoms with Gasteiger partial charge in [-0.25, -0.2) is 0 Å². The monoisotopic (exact) mass is 1010 g/mol. The van der Waals surface area contributed by atoms with E-state index in [1.807, 2.05) is 0 Å². The van der Waals surface area contributed by atoms with Gasteiger partial charge in [-0.2, -0.15) is 0 Å². The largest absolute Gasteiger partial charge is 0.394 e. The van der Waals surface area contributed by atoms with Gasteiger partial charge in [0.25, 0.3) is 0 Å². The van der Waals surface area contributed by atoms with Gasteiger partial charge in [-0.15, -0.1) is 0 Å². The number of amides is 1. The van der Waals surface area contributed by atoms with Crippen molar-refractivity contribution in [1.82, 2.24) is 5.32 Å². The average molecular weight is 1010 g/mol. The van der Waals surface area contributed by atoms with Crippen LogP contribution in [0.1, 0.15) is 284 Å². The minimum Gasteiger partial charge on any atom is -0.394 e. The van der Waals surface area contributed by atoms with Gasteiger partial charge in [0.2, 0.25) is 5.91 Å². The molecule has 0 aromatic rings. The zero-order valence-electron chi connectivity index (χ0n) is 46.0. The first-order chi connectivity index (χ1) is 34.7. The van der Waals surface area contributed by atoms with Crippen molar-refractivity contribution in [3.63, 3.8) is 0 Å². The SMILES string of the molecule is CCCCCC/C=C\CCCCCCCCC(O)C(=O)NC(COC1OC(CO)C(O)C(O)C1O)C(O)C(O)CCC/C=C/CCCCCCCCCCCCCCCCCCCCCCCCCCC. The second kappa shape index (κ2) is 49.5. The molecule has 1 rings (SSSR count). The number of nitrogens with one attached hydrogen (secondary N) is 1. The van der Waals surface area contributed by atoms with E-state index in [9.17, 15) is 40.5 Å². The number of carbonyl (C=O) groups is 1. The molecule has 11 heteroatoms. The van der Waals surface area contributed by atoms with Crippen LogP contribution in [0.2, 0.25) is 0 Å². The van der Waals surface area contributed by atoms with Gasteiger partial charge in [-0.05, 0) is 64.2 Å². The lowest BCUT2D eigenvalue weighted by Gasteiger charge is -2.40. The third kappa shape index (κ3) is 37.9. The van der Waals surface area contributed by atoms with E-state index in [4.69, 9.17) is 9.47 Å². The molecular weight excluding hydrogens is 895 g/mol. The summed E-state index contributed by atoms with van der Waals surface area (Å²) >= 11 is 0. The summed E-state index contributed by atoms with van der Waals surface area (Å²) in [5.41, 5.74) is 0. The summed E-state index contributed by atoms with van der Waals surface area (Å²) in [7, 11) is 0. The molecule has 0 aliphatic carbocycles. The smallest absolute Gasteiger partial charge is 0.249 e. The number of carbonyl (C=O) groups excluding carboxylic acids is 1. The quantitative estimate of drug-likeness (QED) is 0.0215. The topological polar surface area (TPSA) is 189 Å². The Balaban J connectivity index is 2.24. The van der Waals surface area contributed by atoms with Gasteiger partial charge in [0.15, 0.2) is 6.29 Å². The number of hydrogen-bond acceptors (Lipinski definition) is 10. The number of rotatable bonds is 52. The van der Waals surface area contributed by atoms with E-state index in [2.05, 4.69) is 43.5 Å². The Kier molecular flexibility index (Phi) is 47.1. The number of ether oxygens (including phenoxy) is 2. The molecule has 1 aliphatic rings. The molecule has 8 N–H and O–H groups in total. The predicted octanol–water partition coefficient (Wildman–Crippen LogP) is 12.9. The molecule has 420 valence electrons. The van der Waals surface area contributed by atoms with Gasteiger partial charge in [-0.3, -0.25) is 4.79 Å². The lowest BCUT2D eigenvalue weighted by molar-refractivity contribution is -0.303. The average Bonchev–Trinajstić information content (AvgIpc) is 3.37. The van der Waals surface area contributed by atoms with Crippen molar-refractivity contribution >= 4 is 5.91 Å². The third-order valence-corrected chi connectivity index (χ3v) is 14.7. The lowest BCUT2D eigenvalue weighted by Crippen LogP contribution is -2.60. The highest BCUT2D eigenvalue weighted by molar-refractivity contribution is 5.80. The molecule has 0 saturated carbocycles. The summed E-state index contributed by atoms with van der Waals surface area (Å²) in [6, 6.07) is -1.19. The maximum Gasteiger partial charge on any atom is 0.249 e. The molecule has 0 spiro atoms. The van der Waals surface area contributed by atoms with Crippen LogP contribution in [0.4, 0.5) is 0 Å². The van der Waals surface area contributed by atoms with E-state index in [1.165, 1.54) is 186 Å². The van der Waals surface area contributed by atoms with Crippen LogP contribution < -0.4 is 5.32 Å². The zero-order chi connectivity index (χ0) is 51.8. The van der Waals surface area contributed by atoms with Gasteiger partial charge in [0.1, 0.15) is 36.6 Å². The van der Waals surface area contributed by atoms with E-state index < -0.39 is 74.2 Å². The van der Waals surface area contributed by atoms with Crippen LogP contribution >= 0.6 is 0 Å². The number of allylic oxidation sites excluding steroid dienone is 4. The Hall–Kier alpha value is -1.41. The molecule has 9 atom stereocenters. The summed E-state index contributed by atoms with van der Waals surface area (Å²) in [5.74, 6) is -0.709. The van der Waals surface area contributed by atoms with Crippen LogP contribution in [0.5, 0.6) is 0 Å². The molecule has 1 amide bonds. The summed E-state index contributed by atoms with van der Waals surface area (Å²) in [4.78, 5) is 13.1. The number of aliphatic hydroxyl groups is 7. The number of unbranched alkanes of at least 4 members (excludes halogenated alkanes) is 36. The highest BCUT2D eigenvalue weighted by Crippen LogP contribution is 2.23. The first-order valence-corrected chi connectivity index (χ1v) is 30.2. The second-order valence-corrected chi connectivity index (χ2v) is 21.4. The van der Waals surface area contributed by atoms with E-state index in [1.54, 1.807) is 0 Å². The Morgan fingerprint density at radius 2 is 0.831 bits per heavy atom. The number of aliphatic hydroxyl groups excluding tert-OH is 7. The minimum atomic E-state index is -1.67. The highest BCUT2D eigenvalue weighted by atomic mass is 16.7. The summed E-state index contributed by atoms with van der Waals surface area (Å²) in [6.07, 6.45) is 48.3. The lowest BCUT2D eigenvalue weighted by atomic mass is 9.98. The van der Waals surface area contributed by atoms with Crippen molar-refractivity contribution in [1.29, 1.82) is 0 Å².